The molecule has 122 valence electrons. The molecule has 3 aromatic rings. The van der Waals surface area contributed by atoms with Gasteiger partial charge in [0, 0.05) is 5.56 Å². The number of aromatic amines is 1. The summed E-state index contributed by atoms with van der Waals surface area (Å²) in [4.78, 5) is 12.2. The van der Waals surface area contributed by atoms with Gasteiger partial charge in [0.2, 0.25) is 0 Å². The summed E-state index contributed by atoms with van der Waals surface area (Å²) in [5.41, 5.74) is 2.52. The number of H-pyrrole nitrogens is 1. The maximum absolute atomic E-state index is 12.2. The number of nitrogens with one attached hydrogen (secondary N) is 2. The van der Waals surface area contributed by atoms with Crippen molar-refractivity contribution in [1.82, 2.24) is 15.5 Å². The summed E-state index contributed by atoms with van der Waals surface area (Å²) in [6.45, 7) is 2.27. The van der Waals surface area contributed by atoms with Crippen LogP contribution in [0.4, 0.5) is 0 Å². The van der Waals surface area contributed by atoms with Gasteiger partial charge in [0.05, 0.1) is 18.9 Å². The van der Waals surface area contributed by atoms with Gasteiger partial charge in [-0.2, -0.15) is 5.10 Å². The summed E-state index contributed by atoms with van der Waals surface area (Å²) in [6, 6.07) is 8.20. The van der Waals surface area contributed by atoms with Gasteiger partial charge in [-0.05, 0) is 36.8 Å². The van der Waals surface area contributed by atoms with Crippen molar-refractivity contribution in [3.63, 3.8) is 0 Å². The van der Waals surface area contributed by atoms with Crippen LogP contribution in [0.5, 0.6) is 11.5 Å². The van der Waals surface area contributed by atoms with E-state index in [1.807, 2.05) is 6.92 Å². The Balaban J connectivity index is 1.82. The van der Waals surface area contributed by atoms with Crippen molar-refractivity contribution >= 4 is 5.91 Å². The molecule has 1 aromatic carbocycles. The Labute approximate surface area is 137 Å². The van der Waals surface area contributed by atoms with Crippen molar-refractivity contribution in [3.05, 3.63) is 53.4 Å². The van der Waals surface area contributed by atoms with Gasteiger partial charge in [0.15, 0.2) is 23.0 Å². The standard InChI is InChI=1S/C17H15N3O4/c1-2-23-12-8-9(5-6-10(12)21)14-13-15(11-4-3-7-24-11)19-20-16(13)17(22)18-14/h3-8,14,21H,2H2,1H3,(H,18,22)(H,19,20). The quantitative estimate of drug-likeness (QED) is 0.684. The average molecular weight is 325 g/mol. The molecular formula is C17H15N3O4. The van der Waals surface area contributed by atoms with Crippen molar-refractivity contribution in [2.75, 3.05) is 6.61 Å². The molecule has 1 atom stereocenters. The Morgan fingerprint density at radius 2 is 2.25 bits per heavy atom. The number of hydrogen-bond donors (Lipinski definition) is 3. The highest BCUT2D eigenvalue weighted by Gasteiger charge is 2.36. The molecule has 0 saturated heterocycles. The SMILES string of the molecule is CCOc1cc(C2NC(=O)c3n[nH]c(-c4ccco4)c32)ccc1O. The zero-order chi connectivity index (χ0) is 16.7. The number of hydrogen-bond acceptors (Lipinski definition) is 5. The van der Waals surface area contributed by atoms with E-state index in [2.05, 4.69) is 15.5 Å². The minimum absolute atomic E-state index is 0.0589. The fourth-order valence-electron chi connectivity index (χ4n) is 2.92. The number of aromatic nitrogens is 2. The highest BCUT2D eigenvalue weighted by Crippen LogP contribution is 2.39. The van der Waals surface area contributed by atoms with Crippen LogP contribution in [0.2, 0.25) is 0 Å². The number of amides is 1. The molecule has 1 aliphatic rings. The first-order chi connectivity index (χ1) is 11.7. The van der Waals surface area contributed by atoms with Crippen LogP contribution in [-0.2, 0) is 0 Å². The van der Waals surface area contributed by atoms with Crippen molar-refractivity contribution in [3.8, 4) is 23.0 Å². The maximum atomic E-state index is 12.2. The van der Waals surface area contributed by atoms with Crippen molar-refractivity contribution in [2.24, 2.45) is 0 Å². The lowest BCUT2D eigenvalue weighted by Crippen LogP contribution is -2.21. The fourth-order valence-corrected chi connectivity index (χ4v) is 2.92. The number of benzene rings is 1. The predicted molar refractivity (Wildman–Crippen MR) is 84.9 cm³/mol. The molecule has 0 saturated carbocycles. The van der Waals surface area contributed by atoms with E-state index in [0.717, 1.165) is 11.1 Å². The van der Waals surface area contributed by atoms with E-state index < -0.39 is 6.04 Å². The van der Waals surface area contributed by atoms with Crippen LogP contribution in [0.15, 0.2) is 41.0 Å². The van der Waals surface area contributed by atoms with Crippen LogP contribution < -0.4 is 10.1 Å². The topological polar surface area (TPSA) is 100 Å². The summed E-state index contributed by atoms with van der Waals surface area (Å²) >= 11 is 0. The van der Waals surface area contributed by atoms with Crippen molar-refractivity contribution < 1.29 is 19.1 Å². The number of carbonyl (C=O) groups is 1. The van der Waals surface area contributed by atoms with E-state index in [1.54, 1.807) is 36.6 Å². The molecule has 1 amide bonds. The molecule has 1 aliphatic heterocycles. The molecular weight excluding hydrogens is 310 g/mol. The molecule has 3 N–H and O–H groups in total. The second-order valence-electron chi connectivity index (χ2n) is 5.40. The zero-order valence-corrected chi connectivity index (χ0v) is 12.9. The maximum Gasteiger partial charge on any atom is 0.272 e. The predicted octanol–water partition coefficient (Wildman–Crippen LogP) is 2.61. The lowest BCUT2D eigenvalue weighted by atomic mass is 9.98. The second-order valence-corrected chi connectivity index (χ2v) is 5.40. The number of phenols is 1. The molecule has 2 aromatic heterocycles. The number of aromatic hydroxyl groups is 1. The molecule has 0 spiro atoms. The molecule has 0 aliphatic carbocycles. The van der Waals surface area contributed by atoms with Crippen LogP contribution in [0.3, 0.4) is 0 Å². The lowest BCUT2D eigenvalue weighted by Gasteiger charge is -2.15. The van der Waals surface area contributed by atoms with Crippen LogP contribution in [-0.4, -0.2) is 27.8 Å². The lowest BCUT2D eigenvalue weighted by molar-refractivity contribution is 0.0955. The molecule has 0 radical (unpaired) electrons. The largest absolute Gasteiger partial charge is 0.504 e. The van der Waals surface area contributed by atoms with E-state index in [-0.39, 0.29) is 11.7 Å². The summed E-state index contributed by atoms with van der Waals surface area (Å²) in [7, 11) is 0. The van der Waals surface area contributed by atoms with E-state index in [4.69, 9.17) is 9.15 Å². The first kappa shape index (κ1) is 14.4. The van der Waals surface area contributed by atoms with Gasteiger partial charge < -0.3 is 19.6 Å². The second kappa shape index (κ2) is 5.45. The summed E-state index contributed by atoms with van der Waals surface area (Å²) in [6.07, 6.45) is 1.57. The molecule has 1 unspecified atom stereocenters. The van der Waals surface area contributed by atoms with Gasteiger partial charge in [-0.15, -0.1) is 0 Å². The highest BCUT2D eigenvalue weighted by molar-refractivity contribution is 5.99. The van der Waals surface area contributed by atoms with Gasteiger partial charge in [-0.25, -0.2) is 0 Å². The normalized spacial score (nSPS) is 16.0. The Hall–Kier alpha value is -3.22. The molecule has 24 heavy (non-hydrogen) atoms. The first-order valence-electron chi connectivity index (χ1n) is 7.57. The minimum Gasteiger partial charge on any atom is -0.504 e. The number of fused-ring (bicyclic) bond motifs is 1. The van der Waals surface area contributed by atoms with Crippen molar-refractivity contribution in [1.29, 1.82) is 0 Å². The third-order valence-electron chi connectivity index (χ3n) is 3.97. The third-order valence-corrected chi connectivity index (χ3v) is 3.97. The van der Waals surface area contributed by atoms with E-state index in [9.17, 15) is 9.90 Å². The highest BCUT2D eigenvalue weighted by atomic mass is 16.5. The molecule has 0 bridgehead atoms. The van der Waals surface area contributed by atoms with E-state index in [1.165, 1.54) is 0 Å². The Bertz CT molecular complexity index is 899. The van der Waals surface area contributed by atoms with Crippen LogP contribution in [0, 0.1) is 0 Å². The number of nitrogens with zero attached hydrogens (tertiary/aromatic N) is 1. The van der Waals surface area contributed by atoms with E-state index >= 15 is 0 Å². The van der Waals surface area contributed by atoms with Crippen molar-refractivity contribution in [2.45, 2.75) is 13.0 Å². The van der Waals surface area contributed by atoms with Gasteiger partial charge in [-0.1, -0.05) is 6.07 Å². The molecule has 3 heterocycles. The van der Waals surface area contributed by atoms with Crippen LogP contribution in [0.25, 0.3) is 11.5 Å². The summed E-state index contributed by atoms with van der Waals surface area (Å²) in [5, 5.41) is 19.8. The molecule has 0 fully saturated rings. The van der Waals surface area contributed by atoms with Crippen LogP contribution >= 0.6 is 0 Å². The first-order valence-corrected chi connectivity index (χ1v) is 7.57. The molecule has 7 heteroatoms. The minimum atomic E-state index is -0.397. The van der Waals surface area contributed by atoms with Gasteiger partial charge >= 0.3 is 0 Å². The van der Waals surface area contributed by atoms with Gasteiger partial charge in [0.25, 0.3) is 5.91 Å². The molecule has 7 nitrogen and oxygen atoms in total. The number of furan rings is 1. The Morgan fingerprint density at radius 1 is 1.38 bits per heavy atom. The fraction of sp³-hybridized carbons (Fsp3) is 0.176. The molecule has 4 rings (SSSR count). The summed E-state index contributed by atoms with van der Waals surface area (Å²) in [5.74, 6) is 0.786. The Kier molecular flexibility index (Phi) is 3.26. The van der Waals surface area contributed by atoms with E-state index in [0.29, 0.717) is 29.5 Å². The smallest absolute Gasteiger partial charge is 0.272 e. The number of carbonyl (C=O) groups excluding carboxylic acids is 1. The average Bonchev–Trinajstić information content (AvgIpc) is 3.28. The number of rotatable bonds is 4. The summed E-state index contributed by atoms with van der Waals surface area (Å²) < 4.78 is 10.9. The monoisotopic (exact) mass is 325 g/mol. The zero-order valence-electron chi connectivity index (χ0n) is 12.9. The Morgan fingerprint density at radius 3 is 3.00 bits per heavy atom. The number of phenolic OH excluding ortho intramolecular Hbond substituents is 1. The van der Waals surface area contributed by atoms with Crippen LogP contribution in [0.1, 0.15) is 34.6 Å². The number of ether oxygens (including phenoxy) is 1. The van der Waals surface area contributed by atoms with Gasteiger partial charge in [-0.3, -0.25) is 9.89 Å². The third kappa shape index (κ3) is 2.13. The van der Waals surface area contributed by atoms with Gasteiger partial charge in [0.1, 0.15) is 5.69 Å².